The number of aryl methyl sites for hydroxylation is 1. The SMILES string of the molecule is Cc1ccccc1-c1nc(C(=O)NN2CCOCC2)cn1-c1ccc(Cl)cc1. The van der Waals surface area contributed by atoms with E-state index in [9.17, 15) is 4.79 Å². The van der Waals surface area contributed by atoms with Crippen molar-refractivity contribution in [3.63, 3.8) is 0 Å². The molecule has 0 saturated carbocycles. The summed E-state index contributed by atoms with van der Waals surface area (Å²) >= 11 is 6.04. The molecule has 7 heteroatoms. The lowest BCUT2D eigenvalue weighted by molar-refractivity contribution is 0.0125. The molecule has 6 nitrogen and oxygen atoms in total. The van der Waals surface area contributed by atoms with Gasteiger partial charge in [0.15, 0.2) is 0 Å². The molecule has 1 N–H and O–H groups in total. The van der Waals surface area contributed by atoms with Gasteiger partial charge in [0.1, 0.15) is 11.5 Å². The molecule has 1 fully saturated rings. The number of nitrogens with zero attached hydrogens (tertiary/aromatic N) is 3. The van der Waals surface area contributed by atoms with Crippen LogP contribution in [0.1, 0.15) is 16.1 Å². The maximum absolute atomic E-state index is 12.8. The molecule has 1 aromatic heterocycles. The van der Waals surface area contributed by atoms with Crippen LogP contribution in [-0.4, -0.2) is 46.8 Å². The van der Waals surface area contributed by atoms with Gasteiger partial charge in [-0.1, -0.05) is 35.9 Å². The number of ether oxygens (including phenoxy) is 1. The van der Waals surface area contributed by atoms with Crippen molar-refractivity contribution in [2.75, 3.05) is 26.3 Å². The van der Waals surface area contributed by atoms with E-state index in [1.54, 1.807) is 6.20 Å². The number of halogens is 1. The van der Waals surface area contributed by atoms with E-state index in [1.165, 1.54) is 0 Å². The number of aromatic nitrogens is 2. The summed E-state index contributed by atoms with van der Waals surface area (Å²) in [4.78, 5) is 17.5. The highest BCUT2D eigenvalue weighted by Gasteiger charge is 2.20. The van der Waals surface area contributed by atoms with Gasteiger partial charge in [-0.15, -0.1) is 0 Å². The summed E-state index contributed by atoms with van der Waals surface area (Å²) in [5.74, 6) is 0.483. The Kier molecular flexibility index (Phi) is 5.43. The van der Waals surface area contributed by atoms with E-state index in [2.05, 4.69) is 10.4 Å². The van der Waals surface area contributed by atoms with Crippen molar-refractivity contribution in [3.05, 3.63) is 71.0 Å². The summed E-state index contributed by atoms with van der Waals surface area (Å²) in [7, 11) is 0. The number of carbonyl (C=O) groups excluding carboxylic acids is 1. The lowest BCUT2D eigenvalue weighted by Crippen LogP contribution is -2.48. The Hall–Kier alpha value is -2.67. The Bertz CT molecular complexity index is 978. The molecule has 1 saturated heterocycles. The van der Waals surface area contributed by atoms with E-state index in [0.29, 0.717) is 42.8 Å². The second-order valence-electron chi connectivity index (χ2n) is 6.65. The number of nitrogens with one attached hydrogen (secondary N) is 1. The first-order chi connectivity index (χ1) is 13.6. The molecule has 1 amide bonds. The molecule has 0 aliphatic carbocycles. The first kappa shape index (κ1) is 18.7. The van der Waals surface area contributed by atoms with Gasteiger partial charge >= 0.3 is 0 Å². The number of carbonyl (C=O) groups is 1. The number of amides is 1. The van der Waals surface area contributed by atoms with Gasteiger partial charge in [-0.3, -0.25) is 14.8 Å². The fraction of sp³-hybridized carbons (Fsp3) is 0.238. The molecule has 2 aromatic carbocycles. The molecule has 4 rings (SSSR count). The maximum Gasteiger partial charge on any atom is 0.285 e. The lowest BCUT2D eigenvalue weighted by atomic mass is 10.1. The molecule has 2 heterocycles. The van der Waals surface area contributed by atoms with E-state index >= 15 is 0 Å². The van der Waals surface area contributed by atoms with Crippen LogP contribution in [0, 0.1) is 6.92 Å². The summed E-state index contributed by atoms with van der Waals surface area (Å²) in [6.07, 6.45) is 1.76. The molecule has 1 aliphatic heterocycles. The summed E-state index contributed by atoms with van der Waals surface area (Å²) in [6, 6.07) is 15.5. The highest BCUT2D eigenvalue weighted by atomic mass is 35.5. The zero-order chi connectivity index (χ0) is 19.5. The average Bonchev–Trinajstić information content (AvgIpc) is 3.15. The lowest BCUT2D eigenvalue weighted by Gasteiger charge is -2.26. The number of hydrazine groups is 1. The van der Waals surface area contributed by atoms with Crippen LogP contribution in [0.15, 0.2) is 54.7 Å². The van der Waals surface area contributed by atoms with E-state index in [-0.39, 0.29) is 5.91 Å². The monoisotopic (exact) mass is 396 g/mol. The number of benzene rings is 2. The summed E-state index contributed by atoms with van der Waals surface area (Å²) < 4.78 is 7.25. The summed E-state index contributed by atoms with van der Waals surface area (Å²) in [6.45, 7) is 4.56. The van der Waals surface area contributed by atoms with E-state index in [0.717, 1.165) is 16.8 Å². The molecule has 0 spiro atoms. The Morgan fingerprint density at radius 1 is 1.11 bits per heavy atom. The van der Waals surface area contributed by atoms with Gasteiger partial charge in [0.2, 0.25) is 0 Å². The van der Waals surface area contributed by atoms with Crippen LogP contribution in [0.3, 0.4) is 0 Å². The van der Waals surface area contributed by atoms with Gasteiger partial charge in [-0.2, -0.15) is 0 Å². The normalized spacial score (nSPS) is 14.8. The van der Waals surface area contributed by atoms with Crippen molar-refractivity contribution in [2.45, 2.75) is 6.92 Å². The minimum Gasteiger partial charge on any atom is -0.379 e. The van der Waals surface area contributed by atoms with Crippen molar-refractivity contribution in [2.24, 2.45) is 0 Å². The quantitative estimate of drug-likeness (QED) is 0.733. The van der Waals surface area contributed by atoms with Gasteiger partial charge in [-0.05, 0) is 36.8 Å². The molecule has 0 bridgehead atoms. The number of morpholine rings is 1. The third kappa shape index (κ3) is 3.94. The molecule has 0 radical (unpaired) electrons. The van der Waals surface area contributed by atoms with Crippen LogP contribution in [-0.2, 0) is 4.74 Å². The standard InChI is InChI=1S/C21H21ClN4O2/c1-15-4-2-3-5-18(15)20-23-19(21(27)24-25-10-12-28-13-11-25)14-26(20)17-8-6-16(22)7-9-17/h2-9,14H,10-13H2,1H3,(H,24,27). The van der Waals surface area contributed by atoms with Crippen LogP contribution < -0.4 is 5.43 Å². The number of rotatable bonds is 4. The molecule has 0 unspecified atom stereocenters. The Labute approximate surface area is 168 Å². The van der Waals surface area contributed by atoms with Gasteiger partial charge in [0, 0.05) is 35.6 Å². The zero-order valence-corrected chi connectivity index (χ0v) is 16.3. The van der Waals surface area contributed by atoms with Crippen molar-refractivity contribution in [1.82, 2.24) is 20.0 Å². The van der Waals surface area contributed by atoms with E-state index in [1.807, 2.05) is 65.0 Å². The van der Waals surface area contributed by atoms with Crippen molar-refractivity contribution >= 4 is 17.5 Å². The molecule has 0 atom stereocenters. The largest absolute Gasteiger partial charge is 0.379 e. The Morgan fingerprint density at radius 3 is 2.54 bits per heavy atom. The predicted octanol–water partition coefficient (Wildman–Crippen LogP) is 3.48. The van der Waals surface area contributed by atoms with Gasteiger partial charge in [0.05, 0.1) is 13.2 Å². The van der Waals surface area contributed by atoms with E-state index < -0.39 is 0 Å². The summed E-state index contributed by atoms with van der Waals surface area (Å²) in [5, 5.41) is 2.52. The van der Waals surface area contributed by atoms with Crippen molar-refractivity contribution in [3.8, 4) is 17.1 Å². The first-order valence-corrected chi connectivity index (χ1v) is 9.54. The highest BCUT2D eigenvalue weighted by molar-refractivity contribution is 6.30. The van der Waals surface area contributed by atoms with Crippen LogP contribution >= 0.6 is 11.6 Å². The third-order valence-corrected chi connectivity index (χ3v) is 4.95. The fourth-order valence-corrected chi connectivity index (χ4v) is 3.30. The predicted molar refractivity (Wildman–Crippen MR) is 109 cm³/mol. The molecule has 3 aromatic rings. The maximum atomic E-state index is 12.8. The van der Waals surface area contributed by atoms with E-state index in [4.69, 9.17) is 16.3 Å². The number of hydrogen-bond donors (Lipinski definition) is 1. The Morgan fingerprint density at radius 2 is 1.82 bits per heavy atom. The van der Waals surface area contributed by atoms with Gasteiger partial charge < -0.3 is 4.74 Å². The average molecular weight is 397 g/mol. The Balaban J connectivity index is 1.72. The zero-order valence-electron chi connectivity index (χ0n) is 15.6. The molecule has 28 heavy (non-hydrogen) atoms. The number of imidazole rings is 1. The van der Waals surface area contributed by atoms with Gasteiger partial charge in [-0.25, -0.2) is 9.99 Å². The first-order valence-electron chi connectivity index (χ1n) is 9.17. The van der Waals surface area contributed by atoms with Crippen LogP contribution in [0.2, 0.25) is 5.02 Å². The third-order valence-electron chi connectivity index (χ3n) is 4.70. The minimum atomic E-state index is -0.232. The highest BCUT2D eigenvalue weighted by Crippen LogP contribution is 2.26. The molecule has 144 valence electrons. The number of hydrogen-bond acceptors (Lipinski definition) is 4. The molecular weight excluding hydrogens is 376 g/mol. The van der Waals surface area contributed by atoms with Gasteiger partial charge in [0.25, 0.3) is 5.91 Å². The second-order valence-corrected chi connectivity index (χ2v) is 7.09. The van der Waals surface area contributed by atoms with Crippen LogP contribution in [0.25, 0.3) is 17.1 Å². The molecule has 1 aliphatic rings. The minimum absolute atomic E-state index is 0.232. The smallest absolute Gasteiger partial charge is 0.285 e. The van der Waals surface area contributed by atoms with Crippen molar-refractivity contribution in [1.29, 1.82) is 0 Å². The van der Waals surface area contributed by atoms with Crippen LogP contribution in [0.4, 0.5) is 0 Å². The topological polar surface area (TPSA) is 59.4 Å². The van der Waals surface area contributed by atoms with Crippen molar-refractivity contribution < 1.29 is 9.53 Å². The fourth-order valence-electron chi connectivity index (χ4n) is 3.18. The van der Waals surface area contributed by atoms with Crippen LogP contribution in [0.5, 0.6) is 0 Å². The second kappa shape index (κ2) is 8.14. The molecular formula is C21H21ClN4O2. The summed E-state index contributed by atoms with van der Waals surface area (Å²) in [5.41, 5.74) is 6.23.